The molecule has 2 atom stereocenters. The van der Waals surface area contributed by atoms with Crippen LogP contribution >= 0.6 is 0 Å². The molecule has 0 spiro atoms. The monoisotopic (exact) mass is 510 g/mol. The molecule has 2 unspecified atom stereocenters. The lowest BCUT2D eigenvalue weighted by Crippen LogP contribution is -2.43. The highest BCUT2D eigenvalue weighted by Gasteiger charge is 2.45. The van der Waals surface area contributed by atoms with Gasteiger partial charge in [0.1, 0.15) is 5.82 Å². The van der Waals surface area contributed by atoms with E-state index in [1.54, 1.807) is 0 Å². The van der Waals surface area contributed by atoms with E-state index in [4.69, 9.17) is 4.98 Å². The zero-order chi connectivity index (χ0) is 26.1. The van der Waals surface area contributed by atoms with E-state index in [1.807, 2.05) is 6.20 Å². The number of fused-ring (bicyclic) bond motifs is 3. The van der Waals surface area contributed by atoms with Crippen LogP contribution in [0.2, 0.25) is 0 Å². The molecule has 6 rings (SSSR count). The van der Waals surface area contributed by atoms with Crippen LogP contribution in [0.3, 0.4) is 0 Å². The number of aryl methyl sites for hydroxylation is 1. The summed E-state index contributed by atoms with van der Waals surface area (Å²) in [4.78, 5) is 23.2. The molecule has 5 nitrogen and oxygen atoms in total. The van der Waals surface area contributed by atoms with Crippen LogP contribution in [0.25, 0.3) is 11.4 Å². The molecule has 1 aromatic heterocycles. The van der Waals surface area contributed by atoms with Crippen molar-refractivity contribution in [3.8, 4) is 11.4 Å². The minimum Gasteiger partial charge on any atom is -0.343 e. The Morgan fingerprint density at radius 2 is 1.82 bits per heavy atom. The predicted molar refractivity (Wildman–Crippen MR) is 153 cm³/mol. The highest BCUT2D eigenvalue weighted by Crippen LogP contribution is 2.49. The molecule has 5 heteroatoms. The number of carbonyl (C=O) groups excluding carboxylic acids is 1. The number of nitrogens with zero attached hydrogens (tertiary/aromatic N) is 4. The first-order valence-electron chi connectivity index (χ1n) is 14.8. The van der Waals surface area contributed by atoms with Crippen molar-refractivity contribution in [3.63, 3.8) is 0 Å². The lowest BCUT2D eigenvalue weighted by molar-refractivity contribution is -0.133. The molecule has 1 amide bonds. The van der Waals surface area contributed by atoms with Gasteiger partial charge in [0.05, 0.1) is 5.54 Å². The normalized spacial score (nSPS) is 23.5. The van der Waals surface area contributed by atoms with Crippen LogP contribution in [-0.4, -0.2) is 57.5 Å². The molecule has 3 aliphatic rings. The maximum Gasteiger partial charge on any atom is 0.222 e. The third-order valence-corrected chi connectivity index (χ3v) is 9.48. The average Bonchev–Trinajstić information content (AvgIpc) is 3.66. The standard InChI is InChI=1S/C33H42N4O/c1-3-7-28-8-6-20-36(28)24-26-16-21-35(22-17-26)31(38)15-18-33(27-13-11-25(2)12-14-27)30-10-5-4-9-29(30)32-34-19-23-37(32)33/h4-5,9-14,19,23,26,28H,3,6-8,15-18,20-22,24H2,1-2H3. The minimum atomic E-state index is -0.409. The van der Waals surface area contributed by atoms with Gasteiger partial charge in [0, 0.05) is 50.1 Å². The Balaban J connectivity index is 1.16. The number of benzene rings is 2. The number of hydrogen-bond donors (Lipinski definition) is 0. The second kappa shape index (κ2) is 10.7. The smallest absolute Gasteiger partial charge is 0.222 e. The second-order valence-corrected chi connectivity index (χ2v) is 11.8. The van der Waals surface area contributed by atoms with Gasteiger partial charge in [-0.25, -0.2) is 4.98 Å². The van der Waals surface area contributed by atoms with Crippen LogP contribution in [0, 0.1) is 12.8 Å². The molecule has 3 aliphatic heterocycles. The quantitative estimate of drug-likeness (QED) is 0.360. The first-order chi connectivity index (χ1) is 18.6. The van der Waals surface area contributed by atoms with E-state index >= 15 is 0 Å². The molecular formula is C33H42N4O. The molecule has 4 heterocycles. The van der Waals surface area contributed by atoms with Gasteiger partial charge in [0.2, 0.25) is 5.91 Å². The Labute approximate surface area is 227 Å². The molecule has 0 saturated carbocycles. The van der Waals surface area contributed by atoms with E-state index in [2.05, 4.69) is 82.9 Å². The molecule has 3 aromatic rings. The number of piperidine rings is 1. The van der Waals surface area contributed by atoms with Gasteiger partial charge >= 0.3 is 0 Å². The summed E-state index contributed by atoms with van der Waals surface area (Å²) in [7, 11) is 0. The van der Waals surface area contributed by atoms with Crippen LogP contribution in [0.5, 0.6) is 0 Å². The zero-order valence-corrected chi connectivity index (χ0v) is 23.1. The Hall–Kier alpha value is -2.92. The summed E-state index contributed by atoms with van der Waals surface area (Å²) in [5.74, 6) is 2.02. The van der Waals surface area contributed by atoms with Crippen molar-refractivity contribution >= 4 is 5.91 Å². The first-order valence-corrected chi connectivity index (χ1v) is 14.8. The minimum absolute atomic E-state index is 0.297. The molecular weight excluding hydrogens is 468 g/mol. The van der Waals surface area contributed by atoms with Gasteiger partial charge in [-0.2, -0.15) is 0 Å². The van der Waals surface area contributed by atoms with E-state index < -0.39 is 5.54 Å². The third kappa shape index (κ3) is 4.49. The molecule has 0 aliphatic carbocycles. The third-order valence-electron chi connectivity index (χ3n) is 9.48. The fourth-order valence-electron chi connectivity index (χ4n) is 7.44. The number of aromatic nitrogens is 2. The Morgan fingerprint density at radius 1 is 1.03 bits per heavy atom. The Morgan fingerprint density at radius 3 is 2.61 bits per heavy atom. The van der Waals surface area contributed by atoms with Crippen molar-refractivity contribution in [2.45, 2.75) is 76.8 Å². The molecule has 0 radical (unpaired) electrons. The SMILES string of the molecule is CCCC1CCCN1CC1CCN(C(=O)CCC2(c3ccc(C)cc3)c3ccccc3-c3nccn32)CC1. The first kappa shape index (κ1) is 25.4. The summed E-state index contributed by atoms with van der Waals surface area (Å²) in [6.07, 6.45) is 12.9. The van der Waals surface area contributed by atoms with Gasteiger partial charge < -0.3 is 14.4 Å². The van der Waals surface area contributed by atoms with Crippen molar-refractivity contribution in [2.75, 3.05) is 26.2 Å². The molecule has 0 N–H and O–H groups in total. The van der Waals surface area contributed by atoms with E-state index in [-0.39, 0.29) is 0 Å². The van der Waals surface area contributed by atoms with E-state index in [1.165, 1.54) is 61.0 Å². The van der Waals surface area contributed by atoms with E-state index in [9.17, 15) is 4.79 Å². The molecule has 200 valence electrons. The van der Waals surface area contributed by atoms with Crippen molar-refractivity contribution in [2.24, 2.45) is 5.92 Å². The molecule has 2 aromatic carbocycles. The summed E-state index contributed by atoms with van der Waals surface area (Å²) < 4.78 is 2.31. The average molecular weight is 511 g/mol. The molecule has 38 heavy (non-hydrogen) atoms. The lowest BCUT2D eigenvalue weighted by atomic mass is 9.79. The van der Waals surface area contributed by atoms with Crippen molar-refractivity contribution in [1.29, 1.82) is 0 Å². The number of imidazole rings is 1. The fraction of sp³-hybridized carbons (Fsp3) is 0.515. The summed E-state index contributed by atoms with van der Waals surface area (Å²) in [5, 5.41) is 0. The van der Waals surface area contributed by atoms with Gasteiger partial charge in [0.25, 0.3) is 0 Å². The zero-order valence-electron chi connectivity index (χ0n) is 23.1. The second-order valence-electron chi connectivity index (χ2n) is 11.8. The number of amides is 1. The van der Waals surface area contributed by atoms with Crippen molar-refractivity contribution in [3.05, 3.63) is 77.6 Å². The number of carbonyl (C=O) groups is 1. The number of likely N-dealkylation sites (tertiary alicyclic amines) is 2. The largest absolute Gasteiger partial charge is 0.343 e. The molecule has 0 bridgehead atoms. The van der Waals surface area contributed by atoms with Gasteiger partial charge in [-0.3, -0.25) is 4.79 Å². The topological polar surface area (TPSA) is 41.4 Å². The van der Waals surface area contributed by atoms with Gasteiger partial charge in [-0.05, 0) is 69.0 Å². The Kier molecular flexibility index (Phi) is 7.13. The highest BCUT2D eigenvalue weighted by molar-refractivity contribution is 5.77. The maximum atomic E-state index is 13.6. The van der Waals surface area contributed by atoms with Gasteiger partial charge in [-0.1, -0.05) is 67.4 Å². The fourth-order valence-corrected chi connectivity index (χ4v) is 7.44. The molecule has 2 saturated heterocycles. The van der Waals surface area contributed by atoms with Crippen LogP contribution in [0.1, 0.15) is 75.0 Å². The summed E-state index contributed by atoms with van der Waals surface area (Å²) in [5.41, 5.74) is 4.50. The van der Waals surface area contributed by atoms with E-state index in [0.717, 1.165) is 50.1 Å². The van der Waals surface area contributed by atoms with Crippen molar-refractivity contribution in [1.82, 2.24) is 19.4 Å². The van der Waals surface area contributed by atoms with Crippen LogP contribution < -0.4 is 0 Å². The van der Waals surface area contributed by atoms with Crippen LogP contribution in [-0.2, 0) is 10.3 Å². The van der Waals surface area contributed by atoms with Crippen LogP contribution in [0.4, 0.5) is 0 Å². The summed E-state index contributed by atoms with van der Waals surface area (Å²) in [6.45, 7) is 8.73. The predicted octanol–water partition coefficient (Wildman–Crippen LogP) is 6.25. The highest BCUT2D eigenvalue weighted by atomic mass is 16.2. The van der Waals surface area contributed by atoms with Crippen molar-refractivity contribution < 1.29 is 4.79 Å². The maximum absolute atomic E-state index is 13.6. The van der Waals surface area contributed by atoms with Crippen LogP contribution in [0.15, 0.2) is 60.9 Å². The number of hydrogen-bond acceptors (Lipinski definition) is 3. The van der Waals surface area contributed by atoms with Gasteiger partial charge in [0.15, 0.2) is 0 Å². The lowest BCUT2D eigenvalue weighted by Gasteiger charge is -2.37. The Bertz CT molecular complexity index is 1260. The number of rotatable bonds is 8. The van der Waals surface area contributed by atoms with Gasteiger partial charge in [-0.15, -0.1) is 0 Å². The van der Waals surface area contributed by atoms with E-state index in [0.29, 0.717) is 12.3 Å². The summed E-state index contributed by atoms with van der Waals surface area (Å²) in [6, 6.07) is 18.2. The molecule has 2 fully saturated rings. The summed E-state index contributed by atoms with van der Waals surface area (Å²) >= 11 is 0.